The Hall–Kier alpha value is -0.800. The van der Waals surface area contributed by atoms with E-state index in [0.29, 0.717) is 17.8 Å². The first-order valence-corrected chi connectivity index (χ1v) is 17.0. The summed E-state index contributed by atoms with van der Waals surface area (Å²) in [5, 5.41) is 52.9. The molecule has 14 atom stereocenters. The molecule has 7 nitrogen and oxygen atoms in total. The zero-order valence-corrected chi connectivity index (χ0v) is 27.9. The fourth-order valence-electron chi connectivity index (χ4n) is 11.5. The van der Waals surface area contributed by atoms with Crippen LogP contribution in [0, 0.1) is 45.3 Å². The molecule has 5 N–H and O–H groups in total. The van der Waals surface area contributed by atoms with Crippen molar-refractivity contribution in [3.05, 3.63) is 23.3 Å². The van der Waals surface area contributed by atoms with Crippen molar-refractivity contribution < 1.29 is 35.0 Å². The van der Waals surface area contributed by atoms with Crippen molar-refractivity contribution in [3.8, 4) is 0 Å². The van der Waals surface area contributed by atoms with Crippen LogP contribution in [0.25, 0.3) is 0 Å². The Morgan fingerprint density at radius 2 is 1.49 bits per heavy atom. The topological polar surface area (TPSA) is 120 Å². The van der Waals surface area contributed by atoms with Crippen molar-refractivity contribution in [2.45, 2.75) is 150 Å². The first kappa shape index (κ1) is 33.6. The number of fused-ring (bicyclic) bond motifs is 5. The molecule has 4 aliphatic carbocycles. The van der Waals surface area contributed by atoms with Gasteiger partial charge >= 0.3 is 0 Å². The van der Waals surface area contributed by atoms with Crippen LogP contribution in [0.5, 0.6) is 0 Å². The number of aliphatic hydroxyl groups is 5. The molecule has 1 heterocycles. The Morgan fingerprint density at radius 3 is 2.14 bits per heavy atom. The van der Waals surface area contributed by atoms with Crippen molar-refractivity contribution >= 4 is 0 Å². The minimum Gasteiger partial charge on any atom is -0.394 e. The summed E-state index contributed by atoms with van der Waals surface area (Å²) < 4.78 is 12.2. The van der Waals surface area contributed by atoms with E-state index in [1.165, 1.54) is 11.1 Å². The predicted octanol–water partition coefficient (Wildman–Crippen LogP) is 5.13. The average Bonchev–Trinajstić information content (AvgIpc) is 3.31. The molecule has 43 heavy (non-hydrogen) atoms. The van der Waals surface area contributed by atoms with Gasteiger partial charge in [0.2, 0.25) is 0 Å². The maximum atomic E-state index is 12.0. The minimum atomic E-state index is -1.44. The van der Waals surface area contributed by atoms with E-state index in [2.05, 4.69) is 67.5 Å². The number of aliphatic hydroxyl groups excluding tert-OH is 5. The lowest BCUT2D eigenvalue weighted by molar-refractivity contribution is -0.331. The van der Waals surface area contributed by atoms with Crippen LogP contribution in [0.3, 0.4) is 0 Å². The molecule has 0 aromatic rings. The summed E-state index contributed by atoms with van der Waals surface area (Å²) in [6.07, 6.45) is 5.90. The van der Waals surface area contributed by atoms with Crippen LogP contribution in [0.4, 0.5) is 0 Å². The van der Waals surface area contributed by atoms with E-state index in [0.717, 1.165) is 51.4 Å². The number of rotatable bonds is 6. The maximum Gasteiger partial charge on any atom is 0.186 e. The molecule has 1 aliphatic heterocycles. The van der Waals surface area contributed by atoms with Gasteiger partial charge in [0.1, 0.15) is 24.4 Å². The lowest BCUT2D eigenvalue weighted by atomic mass is 9.35. The highest BCUT2D eigenvalue weighted by Gasteiger charge is 2.70. The van der Waals surface area contributed by atoms with Gasteiger partial charge < -0.3 is 35.0 Å². The second-order valence-corrected chi connectivity index (χ2v) is 16.6. The molecule has 246 valence electrons. The summed E-state index contributed by atoms with van der Waals surface area (Å²) in [6, 6.07) is 0. The fourth-order valence-corrected chi connectivity index (χ4v) is 11.5. The van der Waals surface area contributed by atoms with E-state index in [4.69, 9.17) is 9.47 Å². The first-order valence-electron chi connectivity index (χ1n) is 17.0. The van der Waals surface area contributed by atoms with Gasteiger partial charge in [-0.2, -0.15) is 0 Å². The Balaban J connectivity index is 1.38. The third-order valence-electron chi connectivity index (χ3n) is 14.0. The molecular weight excluding hydrogens is 544 g/mol. The van der Waals surface area contributed by atoms with Gasteiger partial charge in [-0.25, -0.2) is 0 Å². The molecule has 0 bridgehead atoms. The molecule has 0 radical (unpaired) electrons. The van der Waals surface area contributed by atoms with E-state index in [9.17, 15) is 25.5 Å². The molecule has 0 aromatic carbocycles. The second-order valence-electron chi connectivity index (χ2n) is 16.6. The van der Waals surface area contributed by atoms with Gasteiger partial charge in [-0.1, -0.05) is 57.9 Å². The van der Waals surface area contributed by atoms with Gasteiger partial charge in [-0.05, 0) is 117 Å². The van der Waals surface area contributed by atoms with E-state index in [-0.39, 0.29) is 39.8 Å². The molecule has 5 aliphatic rings. The molecule has 0 spiro atoms. The van der Waals surface area contributed by atoms with Crippen molar-refractivity contribution in [3.63, 3.8) is 0 Å². The van der Waals surface area contributed by atoms with Gasteiger partial charge in [0.05, 0.1) is 18.8 Å². The lowest BCUT2D eigenvalue weighted by Crippen LogP contribution is -2.67. The van der Waals surface area contributed by atoms with E-state index >= 15 is 0 Å². The SMILES string of the molecule is CC(C)=CC/C=C(\C)C1CC[C@]2(C)C1[C@H](O)CC1[C@@]3(C)CC[C@H](O[C@@H]4O[C@H](CO)[C@@H](O)[C@H](O)[C@H]4O)C(C)(C)C3CC[C@]12C. The monoisotopic (exact) mass is 604 g/mol. The third-order valence-corrected chi connectivity index (χ3v) is 14.0. The predicted molar refractivity (Wildman–Crippen MR) is 167 cm³/mol. The summed E-state index contributed by atoms with van der Waals surface area (Å²) >= 11 is 0. The Bertz CT molecular complexity index is 1080. The van der Waals surface area contributed by atoms with Crippen LogP contribution < -0.4 is 0 Å². The molecule has 5 rings (SSSR count). The first-order chi connectivity index (χ1) is 20.0. The zero-order chi connectivity index (χ0) is 31.7. The van der Waals surface area contributed by atoms with Crippen molar-refractivity contribution in [2.75, 3.05) is 6.61 Å². The Morgan fingerprint density at radius 1 is 0.814 bits per heavy atom. The highest BCUT2D eigenvalue weighted by molar-refractivity contribution is 5.23. The maximum absolute atomic E-state index is 12.0. The van der Waals surface area contributed by atoms with Crippen LogP contribution in [0.2, 0.25) is 0 Å². The smallest absolute Gasteiger partial charge is 0.186 e. The molecule has 4 saturated carbocycles. The van der Waals surface area contributed by atoms with Gasteiger partial charge in [0, 0.05) is 0 Å². The molecule has 1 saturated heterocycles. The minimum absolute atomic E-state index is 0.0348. The van der Waals surface area contributed by atoms with Crippen LogP contribution in [-0.2, 0) is 9.47 Å². The van der Waals surface area contributed by atoms with Gasteiger partial charge in [-0.3, -0.25) is 0 Å². The third kappa shape index (κ3) is 5.21. The standard InChI is InChI=1S/C36H60O7/c1-20(2)10-9-11-21(3)22-12-16-36(8)28(22)23(38)18-26-34(6)15-14-27(33(4,5)25(34)13-17-35(26,36)7)43-32-31(41)30(40)29(39)24(19-37)42-32/h10-11,22-32,37-41H,9,12-19H2,1-8H3/b21-11+/t22?,23-,24-,25?,26?,27+,28?,29-,30+,31-,32+,34+,35-,36-/m1/s1. The molecule has 0 amide bonds. The highest BCUT2D eigenvalue weighted by atomic mass is 16.7. The highest BCUT2D eigenvalue weighted by Crippen LogP contribution is 2.75. The summed E-state index contributed by atoms with van der Waals surface area (Å²) in [5.74, 6) is 1.48. The average molecular weight is 605 g/mol. The molecule has 4 unspecified atom stereocenters. The Labute approximate surface area is 259 Å². The summed E-state index contributed by atoms with van der Waals surface area (Å²) in [5.41, 5.74) is 2.80. The number of ether oxygens (including phenoxy) is 2. The van der Waals surface area contributed by atoms with Crippen molar-refractivity contribution in [1.29, 1.82) is 0 Å². The quantitative estimate of drug-likeness (QED) is 0.211. The molecular formula is C36H60O7. The van der Waals surface area contributed by atoms with Gasteiger partial charge in [0.15, 0.2) is 6.29 Å². The molecule has 0 aromatic heterocycles. The van der Waals surface area contributed by atoms with Crippen LogP contribution in [0.1, 0.15) is 107 Å². The normalized spacial score (nSPS) is 51.3. The molecule has 7 heteroatoms. The van der Waals surface area contributed by atoms with E-state index in [1.807, 2.05) is 0 Å². The van der Waals surface area contributed by atoms with E-state index in [1.54, 1.807) is 0 Å². The lowest BCUT2D eigenvalue weighted by Gasteiger charge is -2.70. The second kappa shape index (κ2) is 11.8. The fraction of sp³-hybridized carbons (Fsp3) is 0.889. The zero-order valence-electron chi connectivity index (χ0n) is 27.9. The number of allylic oxidation sites excluding steroid dienone is 4. The number of hydrogen-bond donors (Lipinski definition) is 5. The molecule has 5 fully saturated rings. The van der Waals surface area contributed by atoms with Gasteiger partial charge in [0.25, 0.3) is 0 Å². The van der Waals surface area contributed by atoms with Gasteiger partial charge in [-0.15, -0.1) is 0 Å². The van der Waals surface area contributed by atoms with Crippen molar-refractivity contribution in [1.82, 2.24) is 0 Å². The Kier molecular flexibility index (Phi) is 9.19. The summed E-state index contributed by atoms with van der Waals surface area (Å²) in [6.45, 7) is 18.2. The summed E-state index contributed by atoms with van der Waals surface area (Å²) in [7, 11) is 0. The summed E-state index contributed by atoms with van der Waals surface area (Å²) in [4.78, 5) is 0. The van der Waals surface area contributed by atoms with Crippen LogP contribution in [0.15, 0.2) is 23.3 Å². The largest absolute Gasteiger partial charge is 0.394 e. The van der Waals surface area contributed by atoms with Crippen molar-refractivity contribution in [2.24, 2.45) is 45.3 Å². The van der Waals surface area contributed by atoms with Crippen LogP contribution in [-0.4, -0.2) is 75.1 Å². The number of hydrogen-bond acceptors (Lipinski definition) is 7. The van der Waals surface area contributed by atoms with Crippen LogP contribution >= 0.6 is 0 Å². The van der Waals surface area contributed by atoms with E-state index < -0.39 is 37.3 Å².